The highest BCUT2D eigenvalue weighted by Gasteiger charge is 2.33. The maximum atomic E-state index is 12.5. The molecule has 2 aromatic rings. The minimum atomic E-state index is -0.166. The van der Waals surface area contributed by atoms with E-state index in [1.54, 1.807) is 40.0 Å². The monoisotopic (exact) mass is 339 g/mol. The zero-order valence-electron chi connectivity index (χ0n) is 11.7. The van der Waals surface area contributed by atoms with Crippen LogP contribution in [-0.2, 0) is 0 Å². The number of amides is 1. The van der Waals surface area contributed by atoms with Gasteiger partial charge in [-0.15, -0.1) is 0 Å². The first kappa shape index (κ1) is 15.3. The van der Waals surface area contributed by atoms with Crippen LogP contribution in [0.5, 0.6) is 0 Å². The number of aliphatic hydroxyl groups excluding tert-OH is 1. The predicted molar refractivity (Wildman–Crippen MR) is 84.7 cm³/mol. The number of aliphatic hydroxyl groups is 1. The zero-order chi connectivity index (χ0) is 15.7. The predicted octanol–water partition coefficient (Wildman–Crippen LogP) is 2.78. The quantitative estimate of drug-likeness (QED) is 0.911. The van der Waals surface area contributed by atoms with Gasteiger partial charge < -0.3 is 10.0 Å². The highest BCUT2D eigenvalue weighted by atomic mass is 35.5. The fraction of sp³-hybridized carbons (Fsp3) is 0.333. The molecule has 116 valence electrons. The van der Waals surface area contributed by atoms with Gasteiger partial charge in [0.15, 0.2) is 5.69 Å². The van der Waals surface area contributed by atoms with Crippen molar-refractivity contribution in [2.45, 2.75) is 18.9 Å². The van der Waals surface area contributed by atoms with Gasteiger partial charge in [-0.1, -0.05) is 23.2 Å². The average molecular weight is 340 g/mol. The third-order valence-corrected chi connectivity index (χ3v) is 4.09. The van der Waals surface area contributed by atoms with E-state index >= 15 is 0 Å². The number of benzene rings is 1. The summed E-state index contributed by atoms with van der Waals surface area (Å²) in [4.78, 5) is 14.2. The molecule has 5 nitrogen and oxygen atoms in total. The van der Waals surface area contributed by atoms with E-state index in [9.17, 15) is 4.79 Å². The fourth-order valence-electron chi connectivity index (χ4n) is 2.33. The summed E-state index contributed by atoms with van der Waals surface area (Å²) in [6.45, 7) is 0.282. The first-order chi connectivity index (χ1) is 10.6. The lowest BCUT2D eigenvalue weighted by atomic mass is 10.3. The van der Waals surface area contributed by atoms with Gasteiger partial charge in [-0.3, -0.25) is 4.79 Å². The Hall–Kier alpha value is -1.56. The maximum absolute atomic E-state index is 12.5. The Morgan fingerprint density at radius 1 is 1.36 bits per heavy atom. The number of carbonyl (C=O) groups excluding carboxylic acids is 1. The van der Waals surface area contributed by atoms with E-state index in [0.29, 0.717) is 28.0 Å². The van der Waals surface area contributed by atoms with Crippen molar-refractivity contribution in [3.63, 3.8) is 0 Å². The molecule has 1 saturated carbocycles. The zero-order valence-corrected chi connectivity index (χ0v) is 13.3. The number of hydrogen-bond acceptors (Lipinski definition) is 3. The van der Waals surface area contributed by atoms with Crippen LogP contribution in [0.25, 0.3) is 5.69 Å². The van der Waals surface area contributed by atoms with Crippen LogP contribution in [0, 0.1) is 0 Å². The summed E-state index contributed by atoms with van der Waals surface area (Å²) in [7, 11) is 0. The van der Waals surface area contributed by atoms with E-state index in [1.807, 2.05) is 0 Å². The average Bonchev–Trinajstić information content (AvgIpc) is 3.21. The molecule has 1 fully saturated rings. The molecule has 1 aliphatic carbocycles. The molecule has 1 heterocycles. The molecule has 0 unspecified atom stereocenters. The molecule has 0 radical (unpaired) electrons. The lowest BCUT2D eigenvalue weighted by Gasteiger charge is -2.19. The minimum absolute atomic E-state index is 0.0496. The summed E-state index contributed by atoms with van der Waals surface area (Å²) in [6.07, 6.45) is 3.65. The number of hydrogen-bond donors (Lipinski definition) is 1. The van der Waals surface area contributed by atoms with Crippen molar-refractivity contribution in [2.24, 2.45) is 0 Å². The van der Waals surface area contributed by atoms with Crippen molar-refractivity contribution < 1.29 is 9.90 Å². The summed E-state index contributed by atoms with van der Waals surface area (Å²) >= 11 is 12.0. The lowest BCUT2D eigenvalue weighted by molar-refractivity contribution is 0.0701. The Labute approximate surface area is 138 Å². The third-order valence-electron chi connectivity index (χ3n) is 3.55. The second-order valence-electron chi connectivity index (χ2n) is 5.19. The van der Waals surface area contributed by atoms with Crippen molar-refractivity contribution in [3.05, 3.63) is 46.2 Å². The summed E-state index contributed by atoms with van der Waals surface area (Å²) in [6, 6.07) is 6.97. The Bertz CT molecular complexity index is 698. The topological polar surface area (TPSA) is 58.4 Å². The van der Waals surface area contributed by atoms with Gasteiger partial charge in [-0.25, -0.2) is 4.68 Å². The van der Waals surface area contributed by atoms with Crippen molar-refractivity contribution >= 4 is 29.1 Å². The maximum Gasteiger partial charge on any atom is 0.274 e. The molecule has 7 heteroatoms. The van der Waals surface area contributed by atoms with Crippen molar-refractivity contribution in [1.82, 2.24) is 14.7 Å². The van der Waals surface area contributed by atoms with Crippen molar-refractivity contribution in [2.75, 3.05) is 13.2 Å². The Morgan fingerprint density at radius 3 is 2.77 bits per heavy atom. The molecule has 1 N–H and O–H groups in total. The molecule has 0 spiro atoms. The minimum Gasteiger partial charge on any atom is -0.395 e. The molecular formula is C15H15Cl2N3O2. The standard InChI is InChI=1S/C15H15Cl2N3O2/c16-10-1-4-14(12(17)9-10)20-6-5-13(18-20)15(22)19(7-8-21)11-2-3-11/h1,4-6,9,11,21H,2-3,7-8H2. The number of carbonyl (C=O) groups is 1. The van der Waals surface area contributed by atoms with Gasteiger partial charge in [0, 0.05) is 23.8 Å². The molecule has 1 aromatic heterocycles. The van der Waals surface area contributed by atoms with Crippen LogP contribution >= 0.6 is 23.2 Å². The van der Waals surface area contributed by atoms with E-state index in [4.69, 9.17) is 28.3 Å². The second kappa shape index (κ2) is 6.28. The molecular weight excluding hydrogens is 325 g/mol. The van der Waals surface area contributed by atoms with Crippen LogP contribution in [0.2, 0.25) is 10.0 Å². The van der Waals surface area contributed by atoms with Crippen molar-refractivity contribution in [3.8, 4) is 5.69 Å². The van der Waals surface area contributed by atoms with Gasteiger partial charge in [-0.2, -0.15) is 5.10 Å². The molecule has 0 aliphatic heterocycles. The first-order valence-corrected chi connectivity index (χ1v) is 7.78. The van der Waals surface area contributed by atoms with Gasteiger partial charge in [0.25, 0.3) is 5.91 Å². The van der Waals surface area contributed by atoms with E-state index < -0.39 is 0 Å². The molecule has 0 atom stereocenters. The summed E-state index contributed by atoms with van der Waals surface area (Å²) in [5, 5.41) is 14.4. The van der Waals surface area contributed by atoms with E-state index in [2.05, 4.69) is 5.10 Å². The molecule has 1 aliphatic rings. The van der Waals surface area contributed by atoms with Crippen LogP contribution in [-0.4, -0.2) is 44.9 Å². The van der Waals surface area contributed by atoms with Crippen LogP contribution in [0.3, 0.4) is 0 Å². The smallest absolute Gasteiger partial charge is 0.274 e. The van der Waals surface area contributed by atoms with Crippen LogP contribution < -0.4 is 0 Å². The summed E-state index contributed by atoms with van der Waals surface area (Å²) in [5.41, 5.74) is 0.997. The summed E-state index contributed by atoms with van der Waals surface area (Å²) in [5.74, 6) is -0.166. The van der Waals surface area contributed by atoms with E-state index in [-0.39, 0.29) is 18.6 Å². The van der Waals surface area contributed by atoms with Crippen LogP contribution in [0.1, 0.15) is 23.3 Å². The van der Waals surface area contributed by atoms with Gasteiger partial charge in [0.05, 0.1) is 17.3 Å². The summed E-state index contributed by atoms with van der Waals surface area (Å²) < 4.78 is 1.55. The highest BCUT2D eigenvalue weighted by Crippen LogP contribution is 2.28. The third kappa shape index (κ3) is 3.11. The number of rotatable bonds is 5. The number of aromatic nitrogens is 2. The number of nitrogens with zero attached hydrogens (tertiary/aromatic N) is 3. The molecule has 22 heavy (non-hydrogen) atoms. The van der Waals surface area contributed by atoms with Crippen LogP contribution in [0.15, 0.2) is 30.5 Å². The van der Waals surface area contributed by atoms with E-state index in [0.717, 1.165) is 12.8 Å². The lowest BCUT2D eigenvalue weighted by Crippen LogP contribution is -2.35. The van der Waals surface area contributed by atoms with Gasteiger partial charge in [0.1, 0.15) is 0 Å². The van der Waals surface area contributed by atoms with Gasteiger partial charge in [0.2, 0.25) is 0 Å². The van der Waals surface area contributed by atoms with Gasteiger partial charge >= 0.3 is 0 Å². The highest BCUT2D eigenvalue weighted by molar-refractivity contribution is 6.35. The molecule has 1 aromatic carbocycles. The molecule has 1 amide bonds. The van der Waals surface area contributed by atoms with Crippen molar-refractivity contribution in [1.29, 1.82) is 0 Å². The normalized spacial score (nSPS) is 14.1. The Balaban J connectivity index is 1.85. The van der Waals surface area contributed by atoms with Gasteiger partial charge in [-0.05, 0) is 37.1 Å². The first-order valence-electron chi connectivity index (χ1n) is 7.03. The molecule has 3 rings (SSSR count). The molecule has 0 bridgehead atoms. The Kier molecular flexibility index (Phi) is 4.38. The van der Waals surface area contributed by atoms with Crippen LogP contribution in [0.4, 0.5) is 0 Å². The largest absolute Gasteiger partial charge is 0.395 e. The van der Waals surface area contributed by atoms with E-state index in [1.165, 1.54) is 0 Å². The Morgan fingerprint density at radius 2 is 2.14 bits per heavy atom. The SMILES string of the molecule is O=C(c1ccn(-c2ccc(Cl)cc2Cl)n1)N(CCO)C1CC1. The molecule has 0 saturated heterocycles. The fourth-order valence-corrected chi connectivity index (χ4v) is 2.83. The number of halogens is 2. The second-order valence-corrected chi connectivity index (χ2v) is 6.04.